The molecule has 3 saturated heterocycles. The second-order valence-corrected chi connectivity index (χ2v) is 31.8. The molecule has 6 fully saturated rings. The lowest BCUT2D eigenvalue weighted by Gasteiger charge is -2.72. The summed E-state index contributed by atoms with van der Waals surface area (Å²) in [6.45, 7) is 13.6. The monoisotopic (exact) mass is 1340 g/mol. The SMILES string of the molecule is CC1(C)CCC(CN2CCN(c3ccc(C(=O)NS(=O)(=O)c4ccc(N[C@H](CCN5CCN(C(=O)CCCCCC(=O)Nc6cccc7c6C(=O)N(C6CCC(=O)NC6=O)C7=O)CC5)CSc5ccccc5)c(S(=O)(=O)C(F)(F)F)c4)cc3)CC2)=C(C23CC(C)(C2)C3)C1. The van der Waals surface area contributed by atoms with Crippen LogP contribution in [0, 0.1) is 16.2 Å². The van der Waals surface area contributed by atoms with Gasteiger partial charge in [0.2, 0.25) is 23.6 Å². The minimum absolute atomic E-state index is 0.00996. The fraction of sp³-hybridized carbons (Fsp3) is 0.507. The second kappa shape index (κ2) is 26.9. The molecule has 7 amide bonds. The number of amides is 7. The van der Waals surface area contributed by atoms with Crippen LogP contribution in [0.1, 0.15) is 142 Å². The molecule has 498 valence electrons. The molecule has 2 atom stereocenters. The van der Waals surface area contributed by atoms with Crippen molar-refractivity contribution >= 4 is 90.0 Å². The Hall–Kier alpha value is -7.13. The molecule has 12 rings (SSSR count). The van der Waals surface area contributed by atoms with Crippen molar-refractivity contribution in [3.05, 3.63) is 119 Å². The molecule has 0 aromatic heterocycles. The number of alkyl halides is 3. The van der Waals surface area contributed by atoms with Crippen LogP contribution < -0.4 is 25.6 Å². The van der Waals surface area contributed by atoms with Gasteiger partial charge in [-0.3, -0.25) is 53.6 Å². The Morgan fingerprint density at radius 1 is 0.753 bits per heavy atom. The summed E-state index contributed by atoms with van der Waals surface area (Å²) in [5.74, 6) is -3.95. The van der Waals surface area contributed by atoms with Crippen LogP contribution in [0.15, 0.2) is 117 Å². The van der Waals surface area contributed by atoms with E-state index in [1.165, 1.54) is 74.2 Å². The Labute approximate surface area is 545 Å². The summed E-state index contributed by atoms with van der Waals surface area (Å²) in [5.41, 5.74) is -0.713. The van der Waals surface area contributed by atoms with Crippen LogP contribution in [0.25, 0.3) is 0 Å². The highest BCUT2D eigenvalue weighted by Gasteiger charge is 2.67. The van der Waals surface area contributed by atoms with Gasteiger partial charge in [-0.1, -0.05) is 62.6 Å². The first-order chi connectivity index (χ1) is 44.1. The zero-order valence-corrected chi connectivity index (χ0v) is 55.0. The summed E-state index contributed by atoms with van der Waals surface area (Å²) in [5, 5.41) is 7.87. The lowest BCUT2D eigenvalue weighted by atomic mass is 9.33. The topological polar surface area (TPSA) is 252 Å². The molecule has 0 spiro atoms. The number of benzene rings is 4. The molecule has 2 bridgehead atoms. The molecule has 4 aliphatic heterocycles. The number of sulfone groups is 1. The van der Waals surface area contributed by atoms with Gasteiger partial charge in [0, 0.05) is 113 Å². The summed E-state index contributed by atoms with van der Waals surface area (Å²) < 4.78 is 99.9. The van der Waals surface area contributed by atoms with Gasteiger partial charge in [-0.15, -0.1) is 11.8 Å². The van der Waals surface area contributed by atoms with Gasteiger partial charge in [0.25, 0.3) is 37.6 Å². The number of sulfonamides is 1. The lowest BCUT2D eigenvalue weighted by Crippen LogP contribution is -2.61. The van der Waals surface area contributed by atoms with Gasteiger partial charge in [0.1, 0.15) is 10.9 Å². The average Bonchev–Trinajstić information content (AvgIpc) is 1.13. The fourth-order valence-electron chi connectivity index (χ4n) is 14.7. The Morgan fingerprint density at radius 3 is 2.12 bits per heavy atom. The second-order valence-electron chi connectivity index (χ2n) is 27.2. The van der Waals surface area contributed by atoms with E-state index in [-0.39, 0.29) is 59.7 Å². The summed E-state index contributed by atoms with van der Waals surface area (Å²) in [4.78, 5) is 98.8. The number of rotatable bonds is 24. The van der Waals surface area contributed by atoms with Crippen LogP contribution in [-0.4, -0.2) is 167 Å². The summed E-state index contributed by atoms with van der Waals surface area (Å²) in [6, 6.07) is 20.6. The van der Waals surface area contributed by atoms with E-state index in [0.717, 1.165) is 66.8 Å². The number of allylic oxidation sites excluding steroid dienone is 1. The number of unbranched alkanes of at least 4 members (excludes halogenated alkanes) is 2. The predicted molar refractivity (Wildman–Crippen MR) is 346 cm³/mol. The third-order valence-electron chi connectivity index (χ3n) is 19.6. The summed E-state index contributed by atoms with van der Waals surface area (Å²) >= 11 is 1.39. The van der Waals surface area contributed by atoms with Crippen LogP contribution >= 0.6 is 11.8 Å². The highest BCUT2D eigenvalue weighted by Crippen LogP contribution is 2.77. The number of carbonyl (C=O) groups excluding carboxylic acids is 7. The van der Waals surface area contributed by atoms with Gasteiger partial charge in [-0.25, -0.2) is 21.6 Å². The van der Waals surface area contributed by atoms with Crippen LogP contribution in [-0.2, 0) is 39.0 Å². The van der Waals surface area contributed by atoms with Gasteiger partial charge in [0.15, 0.2) is 0 Å². The number of nitrogens with one attached hydrogen (secondary N) is 4. The number of carbonyl (C=O) groups is 7. The van der Waals surface area contributed by atoms with Crippen molar-refractivity contribution in [1.82, 2.24) is 29.6 Å². The lowest BCUT2D eigenvalue weighted by molar-refractivity contribution is -0.167. The van der Waals surface area contributed by atoms with Crippen molar-refractivity contribution < 1.29 is 63.6 Å². The zero-order chi connectivity index (χ0) is 66.3. The maximum atomic E-state index is 14.5. The van der Waals surface area contributed by atoms with Gasteiger partial charge in [-0.2, -0.15) is 13.2 Å². The van der Waals surface area contributed by atoms with E-state index >= 15 is 0 Å². The standard InChI is InChI=1S/C67H80F3N9O11S3/c1-64(2)27-25-45(51(38-64)66-41-65(3,42-66)43-66)39-76-31-33-77(34-32-76)47-19-17-44(18-20-47)60(83)74-93(89,90)49-21-22-52(55(37-49)92(87,88)67(68,69)70)71-46(40-91-48-11-6-4-7-12-48)26-28-75-29-35-78(36-30-75)58(82)16-9-5-8-15-56(80)72-53-14-10-13-50-59(53)63(86)79(62(50)85)54-23-24-57(81)73-61(54)84/h4,6-7,10-14,17-22,37,46,54,71H,5,8-9,15-16,23-36,38-43H2,1-3H3,(H,72,80)(H,74,83)(H,73,81,84)/t46-,54?,65?,66?/m1/s1. The number of thioether (sulfide) groups is 1. The first-order valence-corrected chi connectivity index (χ1v) is 36.0. The quantitative estimate of drug-likeness (QED) is 0.0221. The Balaban J connectivity index is 0.659. The number of nitrogens with zero attached hydrogens (tertiary/aromatic N) is 5. The third kappa shape index (κ3) is 14.9. The molecule has 4 heterocycles. The fourth-order valence-corrected chi connectivity index (χ4v) is 17.8. The smallest absolute Gasteiger partial charge is 0.380 e. The van der Waals surface area contributed by atoms with Gasteiger partial charge in [-0.05, 0) is 147 Å². The van der Waals surface area contributed by atoms with Crippen LogP contribution in [0.2, 0.25) is 0 Å². The molecule has 1 unspecified atom stereocenters. The van der Waals surface area contributed by atoms with Gasteiger partial charge < -0.3 is 20.4 Å². The van der Waals surface area contributed by atoms with E-state index in [1.54, 1.807) is 28.2 Å². The molecule has 0 radical (unpaired) electrons. The summed E-state index contributed by atoms with van der Waals surface area (Å²) in [7, 11) is -11.1. The number of imide groups is 2. The third-order valence-corrected chi connectivity index (χ3v) is 23.6. The number of hydrogen-bond acceptors (Lipinski definition) is 16. The van der Waals surface area contributed by atoms with Crippen LogP contribution in [0.3, 0.4) is 0 Å². The normalized spacial score (nSPS) is 23.0. The molecule has 4 aromatic carbocycles. The minimum atomic E-state index is -6.17. The van der Waals surface area contributed by atoms with E-state index in [9.17, 15) is 63.6 Å². The average molecular weight is 1340 g/mol. The highest BCUT2D eigenvalue weighted by atomic mass is 32.2. The molecular formula is C67H80F3N9O11S3. The molecule has 8 aliphatic rings. The van der Waals surface area contributed by atoms with E-state index in [4.69, 9.17) is 0 Å². The van der Waals surface area contributed by atoms with E-state index < -0.39 is 88.4 Å². The van der Waals surface area contributed by atoms with Crippen molar-refractivity contribution in [2.24, 2.45) is 16.2 Å². The van der Waals surface area contributed by atoms with Gasteiger partial charge in [0.05, 0.1) is 27.4 Å². The van der Waals surface area contributed by atoms with Crippen molar-refractivity contribution in [2.45, 2.75) is 143 Å². The Kier molecular flexibility index (Phi) is 19.5. The van der Waals surface area contributed by atoms with Crippen LogP contribution in [0.5, 0.6) is 0 Å². The van der Waals surface area contributed by atoms with Gasteiger partial charge >= 0.3 is 5.51 Å². The predicted octanol–water partition coefficient (Wildman–Crippen LogP) is 9.02. The van der Waals surface area contributed by atoms with Crippen molar-refractivity contribution in [1.29, 1.82) is 0 Å². The van der Waals surface area contributed by atoms with E-state index in [0.29, 0.717) is 80.7 Å². The molecule has 93 heavy (non-hydrogen) atoms. The number of piperidine rings is 1. The van der Waals surface area contributed by atoms with Crippen molar-refractivity contribution in [3.8, 4) is 0 Å². The zero-order valence-electron chi connectivity index (χ0n) is 52.6. The maximum absolute atomic E-state index is 14.5. The van der Waals surface area contributed by atoms with E-state index in [2.05, 4.69) is 51.4 Å². The molecule has 20 nitrogen and oxygen atoms in total. The number of piperazine rings is 2. The molecular weight excluding hydrogens is 1260 g/mol. The molecule has 4 N–H and O–H groups in total. The number of fused-ring (bicyclic) bond motifs is 1. The Morgan fingerprint density at radius 2 is 1.44 bits per heavy atom. The Bertz CT molecular complexity index is 3830. The van der Waals surface area contributed by atoms with Crippen molar-refractivity contribution in [3.63, 3.8) is 0 Å². The minimum Gasteiger partial charge on any atom is -0.380 e. The van der Waals surface area contributed by atoms with Crippen LogP contribution in [0.4, 0.5) is 30.2 Å². The number of anilines is 3. The summed E-state index contributed by atoms with van der Waals surface area (Å²) in [6.07, 6.45) is 9.47. The molecule has 4 aromatic rings. The molecule has 4 aliphatic carbocycles. The number of hydrogen-bond donors (Lipinski definition) is 4. The van der Waals surface area contributed by atoms with E-state index in [1.807, 2.05) is 35.1 Å². The molecule has 26 heteroatoms. The molecule has 3 saturated carbocycles. The first-order valence-electron chi connectivity index (χ1n) is 32.0. The maximum Gasteiger partial charge on any atom is 0.501 e. The first kappa shape index (κ1) is 67.3. The largest absolute Gasteiger partial charge is 0.501 e. The number of halogens is 3. The van der Waals surface area contributed by atoms with Crippen molar-refractivity contribution in [2.75, 3.05) is 86.7 Å². The highest BCUT2D eigenvalue weighted by molar-refractivity contribution is 7.99.